The molecule has 1 amide bonds. The third-order valence-corrected chi connectivity index (χ3v) is 4.78. The first-order valence-electron chi connectivity index (χ1n) is 8.69. The molecular weight excluding hydrogens is 337 g/mol. The molecule has 26 heavy (non-hydrogen) atoms. The molecule has 0 radical (unpaired) electrons. The Morgan fingerprint density at radius 1 is 1.12 bits per heavy atom. The van der Waals surface area contributed by atoms with Gasteiger partial charge < -0.3 is 19.7 Å². The number of benzene rings is 1. The van der Waals surface area contributed by atoms with Crippen molar-refractivity contribution in [3.63, 3.8) is 0 Å². The Bertz CT molecular complexity index is 781. The van der Waals surface area contributed by atoms with Crippen LogP contribution in [0.5, 0.6) is 0 Å². The van der Waals surface area contributed by atoms with E-state index in [1.54, 1.807) is 12.3 Å². The highest BCUT2D eigenvalue weighted by Crippen LogP contribution is 2.33. The molecule has 1 aromatic carbocycles. The molecule has 2 fully saturated rings. The summed E-state index contributed by atoms with van der Waals surface area (Å²) in [5.74, 6) is -1.10. The second-order valence-corrected chi connectivity index (χ2v) is 6.45. The lowest BCUT2D eigenvalue weighted by atomic mass is 10.0. The zero-order chi connectivity index (χ0) is 18.0. The normalized spacial score (nSPS) is 18.9. The summed E-state index contributed by atoms with van der Waals surface area (Å²) < 4.78 is 24.5. The predicted molar refractivity (Wildman–Crippen MR) is 94.7 cm³/mol. The Balaban J connectivity index is 1.43. The monoisotopic (exact) mass is 357 g/mol. The van der Waals surface area contributed by atoms with Gasteiger partial charge in [0.15, 0.2) is 5.79 Å². The highest BCUT2D eigenvalue weighted by Gasteiger charge is 2.39. The van der Waals surface area contributed by atoms with Crippen LogP contribution >= 0.6 is 0 Å². The number of nitrogens with zero attached hydrogens (tertiary/aromatic N) is 2. The summed E-state index contributed by atoms with van der Waals surface area (Å²) in [7, 11) is 0. The van der Waals surface area contributed by atoms with Crippen LogP contribution in [-0.4, -0.2) is 43.0 Å². The van der Waals surface area contributed by atoms with Crippen LogP contribution < -0.4 is 10.2 Å². The summed E-state index contributed by atoms with van der Waals surface area (Å²) in [6, 6.07) is 9.30. The molecule has 136 valence electrons. The van der Waals surface area contributed by atoms with E-state index in [9.17, 15) is 9.18 Å². The van der Waals surface area contributed by atoms with Crippen molar-refractivity contribution in [3.05, 3.63) is 54.1 Å². The van der Waals surface area contributed by atoms with Crippen molar-refractivity contribution >= 4 is 17.3 Å². The third-order valence-electron chi connectivity index (χ3n) is 4.78. The lowest BCUT2D eigenvalue weighted by Gasteiger charge is -2.38. The van der Waals surface area contributed by atoms with Gasteiger partial charge in [-0.25, -0.2) is 4.39 Å². The van der Waals surface area contributed by atoms with Gasteiger partial charge >= 0.3 is 0 Å². The van der Waals surface area contributed by atoms with Gasteiger partial charge in [-0.05, 0) is 36.4 Å². The van der Waals surface area contributed by atoms with Crippen molar-refractivity contribution in [2.75, 3.05) is 36.5 Å². The summed E-state index contributed by atoms with van der Waals surface area (Å²) in [5.41, 5.74) is 1.79. The number of ether oxygens (including phenoxy) is 2. The number of anilines is 2. The summed E-state index contributed by atoms with van der Waals surface area (Å²) in [5, 5.41) is 2.73. The molecule has 0 bridgehead atoms. The van der Waals surface area contributed by atoms with Gasteiger partial charge in [0.05, 0.1) is 13.2 Å². The van der Waals surface area contributed by atoms with Crippen molar-refractivity contribution in [3.8, 4) is 0 Å². The number of rotatable bonds is 3. The van der Waals surface area contributed by atoms with E-state index in [0.717, 1.165) is 31.6 Å². The topological polar surface area (TPSA) is 63.7 Å². The van der Waals surface area contributed by atoms with Gasteiger partial charge in [-0.2, -0.15) is 0 Å². The van der Waals surface area contributed by atoms with Crippen molar-refractivity contribution in [1.82, 2.24) is 4.98 Å². The van der Waals surface area contributed by atoms with Gasteiger partial charge in [0, 0.05) is 43.5 Å². The van der Waals surface area contributed by atoms with E-state index < -0.39 is 5.79 Å². The minimum absolute atomic E-state index is 0.320. The lowest BCUT2D eigenvalue weighted by Crippen LogP contribution is -2.45. The molecule has 7 heteroatoms. The summed E-state index contributed by atoms with van der Waals surface area (Å²) in [4.78, 5) is 18.8. The molecule has 2 aliphatic heterocycles. The van der Waals surface area contributed by atoms with Crippen LogP contribution in [0.3, 0.4) is 0 Å². The molecule has 2 aliphatic rings. The average molecular weight is 357 g/mol. The second-order valence-electron chi connectivity index (χ2n) is 6.45. The maximum atomic E-state index is 13.0. The number of carbonyl (C=O) groups is 1. The Kier molecular flexibility index (Phi) is 4.57. The van der Waals surface area contributed by atoms with E-state index in [1.165, 1.54) is 24.3 Å². The maximum absolute atomic E-state index is 13.0. The summed E-state index contributed by atoms with van der Waals surface area (Å²) >= 11 is 0. The Hall–Kier alpha value is -2.51. The first-order chi connectivity index (χ1) is 12.6. The number of nitrogens with one attached hydrogen (secondary N) is 1. The molecule has 2 saturated heterocycles. The molecule has 4 rings (SSSR count). The van der Waals surface area contributed by atoms with Crippen LogP contribution in [0.1, 0.15) is 23.3 Å². The molecule has 1 spiro atoms. The van der Waals surface area contributed by atoms with Crippen molar-refractivity contribution < 1.29 is 18.7 Å². The molecule has 1 N–H and O–H groups in total. The minimum atomic E-state index is -0.424. The molecule has 2 aromatic rings. The van der Waals surface area contributed by atoms with E-state index in [4.69, 9.17) is 9.47 Å². The van der Waals surface area contributed by atoms with Crippen LogP contribution in [0.15, 0.2) is 42.6 Å². The second kappa shape index (κ2) is 7.01. The third kappa shape index (κ3) is 3.54. The van der Waals surface area contributed by atoms with Gasteiger partial charge in [0.1, 0.15) is 11.5 Å². The standard InChI is InChI=1S/C19H20FN3O3/c20-14-1-3-15(4-2-14)22-18(24)17-13-16(5-8-21-17)23-9-6-19(7-10-23)25-11-12-26-19/h1-5,8,13H,6-7,9-12H2,(H,22,24). The average Bonchev–Trinajstić information content (AvgIpc) is 3.12. The molecule has 0 atom stereocenters. The number of carbonyl (C=O) groups excluding carboxylic acids is 1. The SMILES string of the molecule is O=C(Nc1ccc(F)cc1)c1cc(N2CCC3(CC2)OCCO3)ccn1. The van der Waals surface area contributed by atoms with Gasteiger partial charge in [-0.3, -0.25) is 9.78 Å². The fourth-order valence-corrected chi connectivity index (χ4v) is 3.36. The number of hydrogen-bond acceptors (Lipinski definition) is 5. The number of hydrogen-bond donors (Lipinski definition) is 1. The van der Waals surface area contributed by atoms with Crippen LogP contribution in [0.4, 0.5) is 15.8 Å². The Morgan fingerprint density at radius 3 is 2.50 bits per heavy atom. The van der Waals surface area contributed by atoms with Crippen LogP contribution in [0, 0.1) is 5.82 Å². The zero-order valence-electron chi connectivity index (χ0n) is 14.3. The number of amides is 1. The predicted octanol–water partition coefficient (Wildman–Crippen LogP) is 2.82. The van der Waals surface area contributed by atoms with E-state index in [0.29, 0.717) is 24.6 Å². The zero-order valence-corrected chi connectivity index (χ0v) is 14.3. The van der Waals surface area contributed by atoms with Crippen LogP contribution in [0.25, 0.3) is 0 Å². The maximum Gasteiger partial charge on any atom is 0.274 e. The number of aromatic nitrogens is 1. The van der Waals surface area contributed by atoms with Crippen molar-refractivity contribution in [1.29, 1.82) is 0 Å². The van der Waals surface area contributed by atoms with Crippen molar-refractivity contribution in [2.45, 2.75) is 18.6 Å². The van der Waals surface area contributed by atoms with E-state index >= 15 is 0 Å². The fraction of sp³-hybridized carbons (Fsp3) is 0.368. The Labute approximate surface area is 150 Å². The van der Waals surface area contributed by atoms with Gasteiger partial charge in [-0.15, -0.1) is 0 Å². The molecule has 0 saturated carbocycles. The fourth-order valence-electron chi connectivity index (χ4n) is 3.36. The molecule has 0 unspecified atom stereocenters. The van der Waals surface area contributed by atoms with Gasteiger partial charge in [0.25, 0.3) is 5.91 Å². The van der Waals surface area contributed by atoms with E-state index in [1.807, 2.05) is 6.07 Å². The van der Waals surface area contributed by atoms with Gasteiger partial charge in [0.2, 0.25) is 0 Å². The quantitative estimate of drug-likeness (QED) is 0.915. The first-order valence-corrected chi connectivity index (χ1v) is 8.69. The van der Waals surface area contributed by atoms with Crippen LogP contribution in [0.2, 0.25) is 0 Å². The number of halogens is 1. The van der Waals surface area contributed by atoms with E-state index in [-0.39, 0.29) is 11.7 Å². The Morgan fingerprint density at radius 2 is 1.81 bits per heavy atom. The number of piperidine rings is 1. The highest BCUT2D eigenvalue weighted by molar-refractivity contribution is 6.03. The summed E-state index contributed by atoms with van der Waals surface area (Å²) in [6.07, 6.45) is 3.22. The molecule has 0 aliphatic carbocycles. The van der Waals surface area contributed by atoms with Gasteiger partial charge in [-0.1, -0.05) is 0 Å². The van der Waals surface area contributed by atoms with Crippen molar-refractivity contribution in [2.24, 2.45) is 0 Å². The molecule has 6 nitrogen and oxygen atoms in total. The number of pyridine rings is 1. The first kappa shape index (κ1) is 16.9. The van der Waals surface area contributed by atoms with E-state index in [2.05, 4.69) is 15.2 Å². The largest absolute Gasteiger partial charge is 0.371 e. The minimum Gasteiger partial charge on any atom is -0.371 e. The highest BCUT2D eigenvalue weighted by atomic mass is 19.1. The lowest BCUT2D eigenvalue weighted by molar-refractivity contribution is -0.169. The molecule has 3 heterocycles. The van der Waals surface area contributed by atoms with Crippen LogP contribution in [-0.2, 0) is 9.47 Å². The molecule has 1 aromatic heterocycles. The smallest absolute Gasteiger partial charge is 0.274 e. The molecular formula is C19H20FN3O3. The summed E-state index contributed by atoms with van der Waals surface area (Å²) in [6.45, 7) is 2.90.